The summed E-state index contributed by atoms with van der Waals surface area (Å²) in [6.45, 7) is 9.12. The average Bonchev–Trinajstić information content (AvgIpc) is 2.44. The first-order valence-electron chi connectivity index (χ1n) is 8.30. The Labute approximate surface area is 139 Å². The Kier molecular flexibility index (Phi) is 4.26. The zero-order valence-corrected chi connectivity index (χ0v) is 14.9. The number of fused-ring (bicyclic) bond motifs is 2. The molecule has 2 aliphatic rings. The van der Waals surface area contributed by atoms with Crippen LogP contribution in [0.5, 0.6) is 0 Å². The quantitative estimate of drug-likeness (QED) is 0.766. The van der Waals surface area contributed by atoms with Gasteiger partial charge in [0.05, 0.1) is 0 Å². The second kappa shape index (κ2) is 5.77. The standard InChI is InChI=1S/C18H27ClN2O/c1-17(2,3)21-11-14-6-5-7-15(12-21)18(14,22-4)13-8-9-20-16(19)10-13/h8-10,14-15H,5-7,11-12H2,1-4H3/t14-,15+,18+. The fourth-order valence-corrected chi connectivity index (χ4v) is 4.72. The first kappa shape index (κ1) is 16.2. The summed E-state index contributed by atoms with van der Waals surface area (Å²) in [6.07, 6.45) is 5.55. The van der Waals surface area contributed by atoms with Gasteiger partial charge < -0.3 is 4.74 Å². The number of methoxy groups -OCH3 is 1. The number of ether oxygens (including phenoxy) is 1. The Bertz CT molecular complexity index is 526. The van der Waals surface area contributed by atoms with Gasteiger partial charge in [0, 0.05) is 43.8 Å². The number of piperidine rings is 1. The fraction of sp³-hybridized carbons (Fsp3) is 0.722. The summed E-state index contributed by atoms with van der Waals surface area (Å²) in [7, 11) is 1.87. The van der Waals surface area contributed by atoms with Gasteiger partial charge in [0.25, 0.3) is 0 Å². The average molecular weight is 323 g/mol. The minimum Gasteiger partial charge on any atom is -0.373 e. The number of hydrogen-bond donors (Lipinski definition) is 0. The van der Waals surface area contributed by atoms with Gasteiger partial charge in [0.15, 0.2) is 0 Å². The predicted molar refractivity (Wildman–Crippen MR) is 90.1 cm³/mol. The molecule has 2 fully saturated rings. The van der Waals surface area contributed by atoms with Crippen LogP contribution < -0.4 is 0 Å². The third kappa shape index (κ3) is 2.57. The summed E-state index contributed by atoms with van der Waals surface area (Å²) >= 11 is 6.16. The van der Waals surface area contributed by atoms with Gasteiger partial charge in [0.2, 0.25) is 0 Å². The van der Waals surface area contributed by atoms with E-state index < -0.39 is 0 Å². The van der Waals surface area contributed by atoms with Gasteiger partial charge in [-0.3, -0.25) is 4.90 Å². The van der Waals surface area contributed by atoms with E-state index in [1.54, 1.807) is 0 Å². The van der Waals surface area contributed by atoms with Gasteiger partial charge in [-0.05, 0) is 51.3 Å². The predicted octanol–water partition coefficient (Wildman–Crippen LogP) is 4.11. The van der Waals surface area contributed by atoms with Crippen LogP contribution >= 0.6 is 11.6 Å². The summed E-state index contributed by atoms with van der Waals surface area (Å²) in [5.41, 5.74) is 1.22. The van der Waals surface area contributed by atoms with Gasteiger partial charge in [0.1, 0.15) is 10.8 Å². The maximum atomic E-state index is 6.23. The van der Waals surface area contributed by atoms with Crippen molar-refractivity contribution in [2.75, 3.05) is 20.2 Å². The zero-order valence-electron chi connectivity index (χ0n) is 14.1. The molecule has 2 bridgehead atoms. The van der Waals surface area contributed by atoms with Crippen molar-refractivity contribution in [1.82, 2.24) is 9.88 Å². The van der Waals surface area contributed by atoms with Gasteiger partial charge in [-0.25, -0.2) is 4.98 Å². The molecule has 1 saturated carbocycles. The lowest BCUT2D eigenvalue weighted by Crippen LogP contribution is -2.62. The molecule has 122 valence electrons. The number of aromatic nitrogens is 1. The smallest absolute Gasteiger partial charge is 0.129 e. The van der Waals surface area contributed by atoms with Gasteiger partial charge in [-0.2, -0.15) is 0 Å². The van der Waals surface area contributed by atoms with Crippen LogP contribution in [0, 0.1) is 11.8 Å². The molecule has 1 aliphatic carbocycles. The van der Waals surface area contributed by atoms with Gasteiger partial charge in [-0.1, -0.05) is 18.0 Å². The van der Waals surface area contributed by atoms with E-state index in [0.29, 0.717) is 17.0 Å². The van der Waals surface area contributed by atoms with Crippen molar-refractivity contribution in [2.45, 2.75) is 51.2 Å². The number of halogens is 1. The summed E-state index contributed by atoms with van der Waals surface area (Å²) in [4.78, 5) is 6.77. The summed E-state index contributed by atoms with van der Waals surface area (Å²) in [5.74, 6) is 1.03. The number of likely N-dealkylation sites (tertiary alicyclic amines) is 1. The van der Waals surface area contributed by atoms with Gasteiger partial charge in [-0.15, -0.1) is 0 Å². The molecular formula is C18H27ClN2O. The summed E-state index contributed by atoms with van der Waals surface area (Å²) < 4.78 is 6.23. The van der Waals surface area contributed by atoms with Crippen molar-refractivity contribution in [3.05, 3.63) is 29.0 Å². The van der Waals surface area contributed by atoms with E-state index in [4.69, 9.17) is 16.3 Å². The minimum atomic E-state index is -0.202. The van der Waals surface area contributed by atoms with Crippen molar-refractivity contribution < 1.29 is 4.74 Å². The molecule has 1 aliphatic heterocycles. The molecule has 0 spiro atoms. The Balaban J connectivity index is 2.01. The molecule has 0 amide bonds. The third-order valence-electron chi connectivity index (χ3n) is 5.66. The van der Waals surface area contributed by atoms with Crippen molar-refractivity contribution in [2.24, 2.45) is 11.8 Å². The highest BCUT2D eigenvalue weighted by molar-refractivity contribution is 6.29. The molecule has 3 atom stereocenters. The molecule has 0 unspecified atom stereocenters. The number of rotatable bonds is 2. The lowest BCUT2D eigenvalue weighted by atomic mass is 9.62. The fourth-order valence-electron chi connectivity index (χ4n) is 4.55. The number of nitrogens with zero attached hydrogens (tertiary/aromatic N) is 2. The highest BCUT2D eigenvalue weighted by Crippen LogP contribution is 2.52. The zero-order chi connectivity index (χ0) is 16.0. The largest absolute Gasteiger partial charge is 0.373 e. The van der Waals surface area contributed by atoms with E-state index in [0.717, 1.165) is 13.1 Å². The normalized spacial score (nSPS) is 33.0. The highest BCUT2D eigenvalue weighted by Gasteiger charge is 2.54. The van der Waals surface area contributed by atoms with E-state index in [-0.39, 0.29) is 11.1 Å². The lowest BCUT2D eigenvalue weighted by Gasteiger charge is -2.57. The first-order chi connectivity index (χ1) is 10.4. The van der Waals surface area contributed by atoms with Crippen molar-refractivity contribution >= 4 is 11.6 Å². The Hall–Kier alpha value is -0.640. The van der Waals surface area contributed by atoms with E-state index in [1.807, 2.05) is 19.4 Å². The van der Waals surface area contributed by atoms with E-state index in [9.17, 15) is 0 Å². The molecule has 22 heavy (non-hydrogen) atoms. The summed E-state index contributed by atoms with van der Waals surface area (Å²) in [5, 5.41) is 0.560. The Morgan fingerprint density at radius 1 is 1.27 bits per heavy atom. The van der Waals surface area contributed by atoms with Crippen molar-refractivity contribution in [3.63, 3.8) is 0 Å². The maximum absolute atomic E-state index is 6.23. The highest BCUT2D eigenvalue weighted by atomic mass is 35.5. The number of pyridine rings is 1. The van der Waals surface area contributed by atoms with Crippen LogP contribution in [0.4, 0.5) is 0 Å². The second-order valence-electron chi connectivity index (χ2n) is 7.77. The maximum Gasteiger partial charge on any atom is 0.129 e. The van der Waals surface area contributed by atoms with E-state index >= 15 is 0 Å². The summed E-state index contributed by atoms with van der Waals surface area (Å²) in [6, 6.07) is 4.09. The molecule has 1 aromatic heterocycles. The van der Waals surface area contributed by atoms with E-state index in [1.165, 1.54) is 24.8 Å². The monoisotopic (exact) mass is 322 g/mol. The van der Waals surface area contributed by atoms with Crippen LogP contribution in [0.15, 0.2) is 18.3 Å². The molecule has 3 rings (SSSR count). The molecular weight excluding hydrogens is 296 g/mol. The molecule has 0 radical (unpaired) electrons. The van der Waals surface area contributed by atoms with Crippen molar-refractivity contribution in [3.8, 4) is 0 Å². The van der Waals surface area contributed by atoms with Crippen LogP contribution in [0.3, 0.4) is 0 Å². The first-order valence-corrected chi connectivity index (χ1v) is 8.68. The van der Waals surface area contributed by atoms with Crippen LogP contribution in [0.25, 0.3) is 0 Å². The van der Waals surface area contributed by atoms with Gasteiger partial charge >= 0.3 is 0 Å². The minimum absolute atomic E-state index is 0.202. The molecule has 4 heteroatoms. The molecule has 0 aromatic carbocycles. The van der Waals surface area contributed by atoms with Crippen LogP contribution in [-0.2, 0) is 10.3 Å². The topological polar surface area (TPSA) is 25.4 Å². The van der Waals surface area contributed by atoms with Crippen LogP contribution in [0.1, 0.15) is 45.6 Å². The molecule has 0 N–H and O–H groups in total. The Morgan fingerprint density at radius 2 is 1.91 bits per heavy atom. The van der Waals surface area contributed by atoms with Crippen molar-refractivity contribution in [1.29, 1.82) is 0 Å². The number of hydrogen-bond acceptors (Lipinski definition) is 3. The second-order valence-corrected chi connectivity index (χ2v) is 8.15. The lowest BCUT2D eigenvalue weighted by molar-refractivity contribution is -0.179. The van der Waals surface area contributed by atoms with Crippen LogP contribution in [0.2, 0.25) is 5.15 Å². The van der Waals surface area contributed by atoms with Crippen LogP contribution in [-0.4, -0.2) is 35.6 Å². The third-order valence-corrected chi connectivity index (χ3v) is 5.87. The SMILES string of the molecule is CO[C@@]1(c2ccnc(Cl)c2)[C@@H]2CCC[C@H]1CN(C(C)(C)C)C2. The Morgan fingerprint density at radius 3 is 2.41 bits per heavy atom. The molecule has 3 nitrogen and oxygen atoms in total. The molecule has 1 aromatic rings. The van der Waals surface area contributed by atoms with E-state index in [2.05, 4.69) is 36.7 Å². The molecule has 2 heterocycles. The molecule has 1 saturated heterocycles.